The summed E-state index contributed by atoms with van der Waals surface area (Å²) in [5.74, 6) is 0.433. The summed E-state index contributed by atoms with van der Waals surface area (Å²) in [5, 5.41) is 0. The number of hydrogen-bond donors (Lipinski definition) is 0. The summed E-state index contributed by atoms with van der Waals surface area (Å²) >= 11 is 0. The summed E-state index contributed by atoms with van der Waals surface area (Å²) < 4.78 is 0. The average molecular weight is 196 g/mol. The molecule has 1 saturated carbocycles. The van der Waals surface area contributed by atoms with E-state index in [4.69, 9.17) is 0 Å². The van der Waals surface area contributed by atoms with Gasteiger partial charge in [-0.2, -0.15) is 0 Å². The fourth-order valence-corrected chi connectivity index (χ4v) is 2.61. The average Bonchev–Trinajstić information content (AvgIpc) is 2.10. The first-order valence-electron chi connectivity index (χ1n) is 5.93. The first kappa shape index (κ1) is 11.7. The van der Waals surface area contributed by atoms with Gasteiger partial charge >= 0.3 is 0 Å². The molecule has 1 aliphatic rings. The molecular formula is C13H24O. The molecule has 0 aromatic carbocycles. The molecule has 1 rings (SSSR count). The molecule has 1 atom stereocenters. The largest absolute Gasteiger partial charge is 0.300 e. The van der Waals surface area contributed by atoms with Crippen LogP contribution in [0.2, 0.25) is 0 Å². The minimum atomic E-state index is 0.248. The van der Waals surface area contributed by atoms with Crippen LogP contribution >= 0.6 is 0 Å². The maximum atomic E-state index is 11.6. The van der Waals surface area contributed by atoms with Crippen molar-refractivity contribution in [1.29, 1.82) is 0 Å². The van der Waals surface area contributed by atoms with Crippen molar-refractivity contribution < 1.29 is 4.79 Å². The summed E-state index contributed by atoms with van der Waals surface area (Å²) in [5.41, 5.74) is 0.592. The zero-order valence-corrected chi connectivity index (χ0v) is 10.2. The Morgan fingerprint density at radius 2 is 1.71 bits per heavy atom. The van der Waals surface area contributed by atoms with Gasteiger partial charge in [0.05, 0.1) is 0 Å². The first-order chi connectivity index (χ1) is 6.41. The normalized spacial score (nSPS) is 31.4. The van der Waals surface area contributed by atoms with Gasteiger partial charge in [0.15, 0.2) is 0 Å². The van der Waals surface area contributed by atoms with Crippen LogP contribution in [0.4, 0.5) is 0 Å². The highest BCUT2D eigenvalue weighted by Crippen LogP contribution is 2.52. The molecule has 1 fully saturated rings. The third-order valence-corrected chi connectivity index (χ3v) is 4.40. The Hall–Kier alpha value is -0.330. The van der Waals surface area contributed by atoms with Gasteiger partial charge in [-0.3, -0.25) is 4.79 Å². The maximum absolute atomic E-state index is 11.6. The SMILES string of the molecule is CCC(=O)CC1(C)CCCCC1(C)C. The lowest BCUT2D eigenvalue weighted by Gasteiger charge is -2.48. The third-order valence-electron chi connectivity index (χ3n) is 4.40. The minimum Gasteiger partial charge on any atom is -0.300 e. The van der Waals surface area contributed by atoms with E-state index in [1.54, 1.807) is 0 Å². The number of hydrogen-bond acceptors (Lipinski definition) is 1. The molecule has 0 aliphatic heterocycles. The van der Waals surface area contributed by atoms with Crippen molar-refractivity contribution in [3.8, 4) is 0 Å². The smallest absolute Gasteiger partial charge is 0.133 e. The van der Waals surface area contributed by atoms with Crippen molar-refractivity contribution >= 4 is 5.78 Å². The van der Waals surface area contributed by atoms with E-state index in [0.717, 1.165) is 6.42 Å². The monoisotopic (exact) mass is 196 g/mol. The molecule has 1 nitrogen and oxygen atoms in total. The summed E-state index contributed by atoms with van der Waals surface area (Å²) in [4.78, 5) is 11.6. The second-order valence-electron chi connectivity index (χ2n) is 5.72. The number of carbonyl (C=O) groups excluding carboxylic acids is 1. The Balaban J connectivity index is 2.73. The Morgan fingerprint density at radius 3 is 2.21 bits per heavy atom. The van der Waals surface area contributed by atoms with Crippen molar-refractivity contribution in [2.75, 3.05) is 0 Å². The van der Waals surface area contributed by atoms with E-state index < -0.39 is 0 Å². The zero-order valence-electron chi connectivity index (χ0n) is 10.2. The molecule has 0 amide bonds. The number of ketones is 1. The second kappa shape index (κ2) is 4.04. The molecule has 0 heterocycles. The van der Waals surface area contributed by atoms with Crippen molar-refractivity contribution in [3.05, 3.63) is 0 Å². The van der Waals surface area contributed by atoms with Crippen LogP contribution in [-0.4, -0.2) is 5.78 Å². The first-order valence-corrected chi connectivity index (χ1v) is 5.93. The highest BCUT2D eigenvalue weighted by atomic mass is 16.1. The van der Waals surface area contributed by atoms with Gasteiger partial charge in [-0.25, -0.2) is 0 Å². The van der Waals surface area contributed by atoms with Gasteiger partial charge in [0.25, 0.3) is 0 Å². The van der Waals surface area contributed by atoms with E-state index >= 15 is 0 Å². The Labute approximate surface area is 88.3 Å². The van der Waals surface area contributed by atoms with E-state index in [2.05, 4.69) is 20.8 Å². The molecule has 0 aromatic rings. The Morgan fingerprint density at radius 1 is 1.14 bits per heavy atom. The van der Waals surface area contributed by atoms with Crippen molar-refractivity contribution in [3.63, 3.8) is 0 Å². The van der Waals surface area contributed by atoms with Crippen LogP contribution < -0.4 is 0 Å². The van der Waals surface area contributed by atoms with Crippen LogP contribution in [0, 0.1) is 10.8 Å². The quantitative estimate of drug-likeness (QED) is 0.667. The molecule has 0 saturated heterocycles. The number of rotatable bonds is 3. The fourth-order valence-electron chi connectivity index (χ4n) is 2.61. The Kier molecular flexibility index (Phi) is 3.39. The van der Waals surface area contributed by atoms with Crippen LogP contribution in [0.25, 0.3) is 0 Å². The van der Waals surface area contributed by atoms with Crippen LogP contribution in [0.3, 0.4) is 0 Å². The van der Waals surface area contributed by atoms with Gasteiger partial charge in [-0.1, -0.05) is 40.5 Å². The lowest BCUT2D eigenvalue weighted by Crippen LogP contribution is -2.39. The van der Waals surface area contributed by atoms with Crippen LogP contribution in [0.15, 0.2) is 0 Å². The van der Waals surface area contributed by atoms with Gasteiger partial charge in [-0.05, 0) is 23.7 Å². The summed E-state index contributed by atoms with van der Waals surface area (Å²) in [6.45, 7) is 8.94. The van der Waals surface area contributed by atoms with Gasteiger partial charge in [0, 0.05) is 12.8 Å². The van der Waals surface area contributed by atoms with Crippen molar-refractivity contribution in [2.45, 2.75) is 66.2 Å². The highest BCUT2D eigenvalue weighted by Gasteiger charge is 2.43. The zero-order chi connectivity index (χ0) is 10.8. The second-order valence-corrected chi connectivity index (χ2v) is 5.72. The standard InChI is InChI=1S/C13H24O/c1-5-11(14)10-13(4)9-7-6-8-12(13,2)3/h5-10H2,1-4H3. The predicted octanol–water partition coefficient (Wildman–Crippen LogP) is 3.96. The molecule has 82 valence electrons. The summed E-state index contributed by atoms with van der Waals surface area (Å²) in [7, 11) is 0. The van der Waals surface area contributed by atoms with E-state index in [1.807, 2.05) is 6.92 Å². The van der Waals surface area contributed by atoms with Crippen LogP contribution in [-0.2, 0) is 4.79 Å². The molecule has 0 spiro atoms. The third kappa shape index (κ3) is 2.18. The molecule has 1 heteroatoms. The van der Waals surface area contributed by atoms with E-state index in [1.165, 1.54) is 25.7 Å². The summed E-state index contributed by atoms with van der Waals surface area (Å²) in [6, 6.07) is 0. The summed E-state index contributed by atoms with van der Waals surface area (Å²) in [6.07, 6.45) is 6.63. The molecule has 0 bridgehead atoms. The maximum Gasteiger partial charge on any atom is 0.133 e. The number of carbonyl (C=O) groups is 1. The van der Waals surface area contributed by atoms with Gasteiger partial charge < -0.3 is 0 Å². The number of Topliss-reactive ketones (excluding diaryl/α,β-unsaturated/α-hetero) is 1. The van der Waals surface area contributed by atoms with Gasteiger partial charge in [-0.15, -0.1) is 0 Å². The molecule has 0 aromatic heterocycles. The topological polar surface area (TPSA) is 17.1 Å². The van der Waals surface area contributed by atoms with E-state index in [-0.39, 0.29) is 5.41 Å². The molecule has 0 N–H and O–H groups in total. The molecule has 0 radical (unpaired) electrons. The molecular weight excluding hydrogens is 172 g/mol. The predicted molar refractivity (Wildman–Crippen MR) is 60.3 cm³/mol. The van der Waals surface area contributed by atoms with Gasteiger partial charge in [0.1, 0.15) is 5.78 Å². The van der Waals surface area contributed by atoms with Gasteiger partial charge in [0.2, 0.25) is 0 Å². The van der Waals surface area contributed by atoms with E-state index in [9.17, 15) is 4.79 Å². The molecule has 14 heavy (non-hydrogen) atoms. The van der Waals surface area contributed by atoms with E-state index in [0.29, 0.717) is 17.6 Å². The van der Waals surface area contributed by atoms with Crippen LogP contribution in [0.5, 0.6) is 0 Å². The van der Waals surface area contributed by atoms with Crippen molar-refractivity contribution in [1.82, 2.24) is 0 Å². The molecule has 1 aliphatic carbocycles. The highest BCUT2D eigenvalue weighted by molar-refractivity contribution is 5.78. The Bertz CT molecular complexity index is 217. The lowest BCUT2D eigenvalue weighted by molar-refractivity contribution is -0.124. The van der Waals surface area contributed by atoms with Crippen LogP contribution in [0.1, 0.15) is 66.2 Å². The minimum absolute atomic E-state index is 0.248. The molecule has 1 unspecified atom stereocenters. The van der Waals surface area contributed by atoms with Crippen molar-refractivity contribution in [2.24, 2.45) is 10.8 Å². The lowest BCUT2D eigenvalue weighted by atomic mass is 9.57. The fraction of sp³-hybridized carbons (Fsp3) is 0.923.